The molecule has 1 unspecified atom stereocenters. The molecule has 0 saturated carbocycles. The molecule has 0 bridgehead atoms. The lowest BCUT2D eigenvalue weighted by Gasteiger charge is -2.24. The lowest BCUT2D eigenvalue weighted by Crippen LogP contribution is -2.33. The van der Waals surface area contributed by atoms with Gasteiger partial charge in [-0.1, -0.05) is 6.92 Å². The SMILES string of the molecule is CCCNc1nc(C)cc(N2CCCC2CO)n1. The number of hydrogen-bond donors (Lipinski definition) is 2. The first-order valence-electron chi connectivity index (χ1n) is 6.71. The van der Waals surface area contributed by atoms with E-state index in [4.69, 9.17) is 0 Å². The van der Waals surface area contributed by atoms with Crippen molar-refractivity contribution in [2.45, 2.75) is 39.2 Å². The lowest BCUT2D eigenvalue weighted by molar-refractivity contribution is 0.266. The smallest absolute Gasteiger partial charge is 0.224 e. The van der Waals surface area contributed by atoms with E-state index in [2.05, 4.69) is 27.1 Å². The normalized spacial score (nSPS) is 19.3. The van der Waals surface area contributed by atoms with E-state index < -0.39 is 0 Å². The molecule has 1 aliphatic rings. The third-order valence-electron chi connectivity index (χ3n) is 3.26. The zero-order valence-electron chi connectivity index (χ0n) is 11.2. The van der Waals surface area contributed by atoms with E-state index in [1.165, 1.54) is 0 Å². The number of aryl methyl sites for hydroxylation is 1. The Morgan fingerprint density at radius 2 is 2.33 bits per heavy atom. The summed E-state index contributed by atoms with van der Waals surface area (Å²) in [5, 5.41) is 12.6. The van der Waals surface area contributed by atoms with Crippen LogP contribution in [0.2, 0.25) is 0 Å². The van der Waals surface area contributed by atoms with Gasteiger partial charge in [-0.05, 0) is 26.2 Å². The Morgan fingerprint density at radius 3 is 3.06 bits per heavy atom. The number of aliphatic hydroxyl groups is 1. The molecule has 18 heavy (non-hydrogen) atoms. The summed E-state index contributed by atoms with van der Waals surface area (Å²) in [5.74, 6) is 1.62. The van der Waals surface area contributed by atoms with Crippen LogP contribution in [0.15, 0.2) is 6.07 Å². The van der Waals surface area contributed by atoms with Crippen LogP contribution in [0.3, 0.4) is 0 Å². The number of aliphatic hydroxyl groups excluding tert-OH is 1. The fourth-order valence-corrected chi connectivity index (χ4v) is 2.34. The van der Waals surface area contributed by atoms with Crippen LogP contribution >= 0.6 is 0 Å². The number of rotatable bonds is 5. The molecule has 1 saturated heterocycles. The van der Waals surface area contributed by atoms with Gasteiger partial charge >= 0.3 is 0 Å². The molecule has 0 radical (unpaired) electrons. The van der Waals surface area contributed by atoms with Gasteiger partial charge in [0.1, 0.15) is 5.82 Å². The van der Waals surface area contributed by atoms with E-state index >= 15 is 0 Å². The molecule has 100 valence electrons. The Labute approximate surface area is 108 Å². The summed E-state index contributed by atoms with van der Waals surface area (Å²) in [7, 11) is 0. The molecule has 1 aliphatic heterocycles. The van der Waals surface area contributed by atoms with E-state index in [0.717, 1.165) is 43.9 Å². The Balaban J connectivity index is 2.18. The Bertz CT molecular complexity index is 397. The van der Waals surface area contributed by atoms with E-state index in [9.17, 15) is 5.11 Å². The Morgan fingerprint density at radius 1 is 1.50 bits per heavy atom. The molecule has 1 aromatic heterocycles. The van der Waals surface area contributed by atoms with Crippen LogP contribution in [0.1, 0.15) is 31.9 Å². The van der Waals surface area contributed by atoms with Crippen molar-refractivity contribution in [3.05, 3.63) is 11.8 Å². The van der Waals surface area contributed by atoms with Crippen molar-refractivity contribution in [2.24, 2.45) is 0 Å². The second-order valence-corrected chi connectivity index (χ2v) is 4.79. The summed E-state index contributed by atoms with van der Waals surface area (Å²) in [6.45, 7) is 6.14. The summed E-state index contributed by atoms with van der Waals surface area (Å²) in [6.07, 6.45) is 3.21. The zero-order chi connectivity index (χ0) is 13.0. The second kappa shape index (κ2) is 6.00. The molecular formula is C13H22N4O. The fourth-order valence-electron chi connectivity index (χ4n) is 2.34. The number of hydrogen-bond acceptors (Lipinski definition) is 5. The highest BCUT2D eigenvalue weighted by molar-refractivity contribution is 5.46. The maximum atomic E-state index is 9.38. The summed E-state index contributed by atoms with van der Waals surface area (Å²) in [6, 6.07) is 2.20. The van der Waals surface area contributed by atoms with Crippen molar-refractivity contribution in [1.29, 1.82) is 0 Å². The molecule has 2 rings (SSSR count). The molecule has 1 fully saturated rings. The lowest BCUT2D eigenvalue weighted by atomic mass is 10.2. The van der Waals surface area contributed by atoms with Gasteiger partial charge in [-0.3, -0.25) is 0 Å². The minimum absolute atomic E-state index is 0.195. The average molecular weight is 250 g/mol. The highest BCUT2D eigenvalue weighted by Gasteiger charge is 2.25. The topological polar surface area (TPSA) is 61.3 Å². The van der Waals surface area contributed by atoms with Gasteiger partial charge in [0.05, 0.1) is 12.6 Å². The first-order valence-corrected chi connectivity index (χ1v) is 6.71. The molecule has 1 atom stereocenters. The minimum atomic E-state index is 0.195. The third-order valence-corrected chi connectivity index (χ3v) is 3.26. The van der Waals surface area contributed by atoms with Crippen molar-refractivity contribution in [3.63, 3.8) is 0 Å². The predicted octanol–water partition coefficient (Wildman–Crippen LogP) is 1.57. The zero-order valence-corrected chi connectivity index (χ0v) is 11.2. The van der Waals surface area contributed by atoms with Gasteiger partial charge in [0, 0.05) is 24.8 Å². The molecule has 5 nitrogen and oxygen atoms in total. The molecule has 1 aromatic rings. The third kappa shape index (κ3) is 2.90. The monoisotopic (exact) mass is 250 g/mol. The van der Waals surface area contributed by atoms with Crippen LogP contribution in [0.5, 0.6) is 0 Å². The van der Waals surface area contributed by atoms with Crippen molar-refractivity contribution in [3.8, 4) is 0 Å². The predicted molar refractivity (Wildman–Crippen MR) is 73.0 cm³/mol. The maximum Gasteiger partial charge on any atom is 0.224 e. The van der Waals surface area contributed by atoms with Crippen LogP contribution in [0.25, 0.3) is 0 Å². The van der Waals surface area contributed by atoms with Gasteiger partial charge in [-0.15, -0.1) is 0 Å². The van der Waals surface area contributed by atoms with Crippen molar-refractivity contribution < 1.29 is 5.11 Å². The molecule has 2 N–H and O–H groups in total. The highest BCUT2D eigenvalue weighted by Crippen LogP contribution is 2.24. The number of anilines is 2. The Hall–Kier alpha value is -1.36. The molecular weight excluding hydrogens is 228 g/mol. The van der Waals surface area contributed by atoms with E-state index in [-0.39, 0.29) is 12.6 Å². The van der Waals surface area contributed by atoms with Gasteiger partial charge in [-0.25, -0.2) is 4.98 Å². The standard InChI is InChI=1S/C13H22N4O/c1-3-6-14-13-15-10(2)8-12(16-13)17-7-4-5-11(17)9-18/h8,11,18H,3-7,9H2,1-2H3,(H,14,15,16). The highest BCUT2D eigenvalue weighted by atomic mass is 16.3. The van der Waals surface area contributed by atoms with Crippen LogP contribution in [0.4, 0.5) is 11.8 Å². The number of nitrogens with zero attached hydrogens (tertiary/aromatic N) is 3. The van der Waals surface area contributed by atoms with Crippen LogP contribution < -0.4 is 10.2 Å². The number of aromatic nitrogens is 2. The minimum Gasteiger partial charge on any atom is -0.394 e. The van der Waals surface area contributed by atoms with Crippen molar-refractivity contribution in [2.75, 3.05) is 29.9 Å². The summed E-state index contributed by atoms with van der Waals surface area (Å²) in [4.78, 5) is 11.1. The van der Waals surface area contributed by atoms with E-state index in [0.29, 0.717) is 5.95 Å². The number of nitrogens with one attached hydrogen (secondary N) is 1. The van der Waals surface area contributed by atoms with E-state index in [1.807, 2.05) is 13.0 Å². The quantitative estimate of drug-likeness (QED) is 0.830. The van der Waals surface area contributed by atoms with Gasteiger partial charge in [0.15, 0.2) is 0 Å². The Kier molecular flexibility index (Phi) is 4.36. The maximum absolute atomic E-state index is 9.38. The first kappa shape index (κ1) is 13.1. The summed E-state index contributed by atoms with van der Waals surface area (Å²) < 4.78 is 0. The van der Waals surface area contributed by atoms with Crippen molar-refractivity contribution >= 4 is 11.8 Å². The molecule has 0 amide bonds. The van der Waals surface area contributed by atoms with E-state index in [1.54, 1.807) is 0 Å². The average Bonchev–Trinajstić information content (AvgIpc) is 2.84. The first-order chi connectivity index (χ1) is 8.74. The van der Waals surface area contributed by atoms with Crippen LogP contribution in [0, 0.1) is 6.92 Å². The molecule has 0 aliphatic carbocycles. The summed E-state index contributed by atoms with van der Waals surface area (Å²) in [5.41, 5.74) is 0.960. The van der Waals surface area contributed by atoms with Crippen LogP contribution in [-0.4, -0.2) is 40.8 Å². The van der Waals surface area contributed by atoms with Gasteiger partial charge < -0.3 is 15.3 Å². The molecule has 0 aromatic carbocycles. The molecule has 5 heteroatoms. The van der Waals surface area contributed by atoms with Crippen molar-refractivity contribution in [1.82, 2.24) is 9.97 Å². The van der Waals surface area contributed by atoms with Crippen LogP contribution in [-0.2, 0) is 0 Å². The van der Waals surface area contributed by atoms with Gasteiger partial charge in [0.25, 0.3) is 0 Å². The molecule has 0 spiro atoms. The largest absolute Gasteiger partial charge is 0.394 e. The van der Waals surface area contributed by atoms with Gasteiger partial charge in [0.2, 0.25) is 5.95 Å². The second-order valence-electron chi connectivity index (χ2n) is 4.79. The van der Waals surface area contributed by atoms with Gasteiger partial charge in [-0.2, -0.15) is 4.98 Å². The fraction of sp³-hybridized carbons (Fsp3) is 0.692. The molecule has 2 heterocycles. The summed E-state index contributed by atoms with van der Waals surface area (Å²) >= 11 is 0.